The van der Waals surface area contributed by atoms with E-state index in [2.05, 4.69) is 57.2 Å². The van der Waals surface area contributed by atoms with Crippen molar-refractivity contribution in [3.63, 3.8) is 0 Å². The number of thiazole rings is 1. The van der Waals surface area contributed by atoms with Gasteiger partial charge in [0.15, 0.2) is 3.01 Å². The molecule has 2 rings (SSSR count). The lowest BCUT2D eigenvalue weighted by molar-refractivity contribution is 1.10. The zero-order valence-electron chi connectivity index (χ0n) is 6.90. The Morgan fingerprint density at radius 2 is 2.00 bits per heavy atom. The standard InChI is InChI=1S/C10H8INS/c11-10-12-9(7-13-10)6-8-4-2-1-3-5-8/h1-5,7H,6H2. The Labute approximate surface area is 95.0 Å². The van der Waals surface area contributed by atoms with Crippen LogP contribution in [0.3, 0.4) is 0 Å². The summed E-state index contributed by atoms with van der Waals surface area (Å²) in [4.78, 5) is 4.41. The average molecular weight is 301 g/mol. The molecule has 0 saturated heterocycles. The molecule has 0 saturated carbocycles. The second-order valence-corrected chi connectivity index (χ2v) is 5.37. The van der Waals surface area contributed by atoms with Gasteiger partial charge < -0.3 is 0 Å². The fourth-order valence-electron chi connectivity index (χ4n) is 1.17. The zero-order valence-corrected chi connectivity index (χ0v) is 9.88. The van der Waals surface area contributed by atoms with Crippen LogP contribution in [0.5, 0.6) is 0 Å². The SMILES string of the molecule is Ic1nc(Cc2ccccc2)cs1. The summed E-state index contributed by atoms with van der Waals surface area (Å²) in [5.41, 5.74) is 2.49. The van der Waals surface area contributed by atoms with Crippen LogP contribution in [0.2, 0.25) is 0 Å². The van der Waals surface area contributed by atoms with E-state index in [1.807, 2.05) is 6.07 Å². The summed E-state index contributed by atoms with van der Waals surface area (Å²) < 4.78 is 1.11. The van der Waals surface area contributed by atoms with Crippen molar-refractivity contribution in [3.8, 4) is 0 Å². The van der Waals surface area contributed by atoms with Crippen LogP contribution in [0.25, 0.3) is 0 Å². The quantitative estimate of drug-likeness (QED) is 0.775. The van der Waals surface area contributed by atoms with Gasteiger partial charge in [-0.15, -0.1) is 11.3 Å². The van der Waals surface area contributed by atoms with Gasteiger partial charge in [-0.05, 0) is 28.2 Å². The van der Waals surface area contributed by atoms with E-state index in [0.29, 0.717) is 0 Å². The van der Waals surface area contributed by atoms with Gasteiger partial charge in [-0.1, -0.05) is 30.3 Å². The lowest BCUT2D eigenvalue weighted by Crippen LogP contribution is -1.87. The molecule has 1 nitrogen and oxygen atoms in total. The molecule has 66 valence electrons. The second-order valence-electron chi connectivity index (χ2n) is 2.75. The molecular weight excluding hydrogens is 293 g/mol. The van der Waals surface area contributed by atoms with Crippen molar-refractivity contribution in [2.24, 2.45) is 0 Å². The van der Waals surface area contributed by atoms with Gasteiger partial charge >= 0.3 is 0 Å². The van der Waals surface area contributed by atoms with E-state index in [1.54, 1.807) is 11.3 Å². The summed E-state index contributed by atoms with van der Waals surface area (Å²) in [6.45, 7) is 0. The lowest BCUT2D eigenvalue weighted by Gasteiger charge is -1.95. The predicted octanol–water partition coefficient (Wildman–Crippen LogP) is 3.34. The van der Waals surface area contributed by atoms with Gasteiger partial charge in [0, 0.05) is 11.8 Å². The molecule has 0 aliphatic rings. The van der Waals surface area contributed by atoms with E-state index in [-0.39, 0.29) is 0 Å². The normalized spacial score (nSPS) is 10.2. The van der Waals surface area contributed by atoms with Crippen molar-refractivity contribution in [2.75, 3.05) is 0 Å². The van der Waals surface area contributed by atoms with Crippen LogP contribution in [0.1, 0.15) is 11.3 Å². The molecule has 0 radical (unpaired) electrons. The maximum absolute atomic E-state index is 4.41. The third-order valence-corrected chi connectivity index (χ3v) is 3.43. The van der Waals surface area contributed by atoms with Crippen LogP contribution in [0.4, 0.5) is 0 Å². The van der Waals surface area contributed by atoms with Crippen LogP contribution >= 0.6 is 33.9 Å². The number of benzene rings is 1. The lowest BCUT2D eigenvalue weighted by atomic mass is 10.1. The smallest absolute Gasteiger partial charge is 0.154 e. The monoisotopic (exact) mass is 301 g/mol. The zero-order chi connectivity index (χ0) is 9.10. The van der Waals surface area contributed by atoms with Crippen LogP contribution in [0, 0.1) is 3.01 Å². The first-order valence-corrected chi connectivity index (χ1v) is 5.94. The van der Waals surface area contributed by atoms with E-state index in [0.717, 1.165) is 9.44 Å². The number of halogens is 1. The minimum atomic E-state index is 0.945. The summed E-state index contributed by atoms with van der Waals surface area (Å²) in [6.07, 6.45) is 0.945. The highest BCUT2D eigenvalue weighted by Crippen LogP contribution is 2.14. The molecule has 0 N–H and O–H groups in total. The van der Waals surface area contributed by atoms with Crippen LogP contribution in [0.15, 0.2) is 35.7 Å². The maximum Gasteiger partial charge on any atom is 0.154 e. The fourth-order valence-corrected chi connectivity index (χ4v) is 2.40. The van der Waals surface area contributed by atoms with E-state index in [4.69, 9.17) is 0 Å². The third-order valence-electron chi connectivity index (χ3n) is 1.75. The molecular formula is C10H8INS. The molecule has 0 atom stereocenters. The molecule has 0 spiro atoms. The first kappa shape index (κ1) is 9.15. The summed E-state index contributed by atoms with van der Waals surface area (Å²) in [5, 5.41) is 2.12. The van der Waals surface area contributed by atoms with Crippen molar-refractivity contribution < 1.29 is 0 Å². The van der Waals surface area contributed by atoms with Gasteiger partial charge in [0.1, 0.15) is 0 Å². The van der Waals surface area contributed by atoms with E-state index < -0.39 is 0 Å². The van der Waals surface area contributed by atoms with Gasteiger partial charge in [-0.2, -0.15) is 0 Å². The molecule has 0 unspecified atom stereocenters. The predicted molar refractivity (Wildman–Crippen MR) is 64.1 cm³/mol. The fraction of sp³-hybridized carbons (Fsp3) is 0.100. The Hall–Kier alpha value is -0.420. The van der Waals surface area contributed by atoms with Gasteiger partial charge in [0.05, 0.1) is 5.69 Å². The Bertz CT molecular complexity index is 383. The van der Waals surface area contributed by atoms with Gasteiger partial charge in [0.2, 0.25) is 0 Å². The molecule has 0 bridgehead atoms. The van der Waals surface area contributed by atoms with E-state index in [9.17, 15) is 0 Å². The van der Waals surface area contributed by atoms with Crippen molar-refractivity contribution in [1.29, 1.82) is 0 Å². The number of hydrogen-bond donors (Lipinski definition) is 0. The first-order valence-electron chi connectivity index (χ1n) is 3.98. The average Bonchev–Trinajstić information content (AvgIpc) is 2.53. The second kappa shape index (κ2) is 4.19. The Kier molecular flexibility index (Phi) is 2.95. The van der Waals surface area contributed by atoms with Crippen LogP contribution in [-0.2, 0) is 6.42 Å². The molecule has 3 heteroatoms. The highest BCUT2D eigenvalue weighted by Gasteiger charge is 1.99. The third kappa shape index (κ3) is 2.51. The van der Waals surface area contributed by atoms with Crippen LogP contribution < -0.4 is 0 Å². The molecule has 13 heavy (non-hydrogen) atoms. The molecule has 1 heterocycles. The maximum atomic E-state index is 4.41. The molecule has 0 amide bonds. The minimum absolute atomic E-state index is 0.945. The Morgan fingerprint density at radius 3 is 2.62 bits per heavy atom. The summed E-state index contributed by atoms with van der Waals surface area (Å²) in [6, 6.07) is 10.4. The largest absolute Gasteiger partial charge is 0.235 e. The number of hydrogen-bond acceptors (Lipinski definition) is 2. The number of rotatable bonds is 2. The van der Waals surface area contributed by atoms with Crippen molar-refractivity contribution in [3.05, 3.63) is 50.0 Å². The Balaban J connectivity index is 2.15. The molecule has 1 aromatic heterocycles. The molecule has 2 aromatic rings. The Morgan fingerprint density at radius 1 is 1.23 bits per heavy atom. The highest BCUT2D eigenvalue weighted by atomic mass is 127. The van der Waals surface area contributed by atoms with Gasteiger partial charge in [-0.3, -0.25) is 0 Å². The number of nitrogens with zero attached hydrogens (tertiary/aromatic N) is 1. The van der Waals surface area contributed by atoms with E-state index >= 15 is 0 Å². The summed E-state index contributed by atoms with van der Waals surface area (Å²) in [7, 11) is 0. The van der Waals surface area contributed by atoms with Crippen molar-refractivity contribution in [1.82, 2.24) is 4.98 Å². The van der Waals surface area contributed by atoms with Crippen LogP contribution in [-0.4, -0.2) is 4.98 Å². The molecule has 0 fully saturated rings. The molecule has 1 aromatic carbocycles. The minimum Gasteiger partial charge on any atom is -0.235 e. The molecule has 0 aliphatic heterocycles. The van der Waals surface area contributed by atoms with E-state index in [1.165, 1.54) is 11.3 Å². The molecule has 0 aliphatic carbocycles. The van der Waals surface area contributed by atoms with Gasteiger partial charge in [-0.25, -0.2) is 4.98 Å². The summed E-state index contributed by atoms with van der Waals surface area (Å²) >= 11 is 3.95. The van der Waals surface area contributed by atoms with Crippen molar-refractivity contribution >= 4 is 33.9 Å². The van der Waals surface area contributed by atoms with Crippen molar-refractivity contribution in [2.45, 2.75) is 6.42 Å². The first-order chi connectivity index (χ1) is 6.34. The van der Waals surface area contributed by atoms with Gasteiger partial charge in [0.25, 0.3) is 0 Å². The topological polar surface area (TPSA) is 12.9 Å². The highest BCUT2D eigenvalue weighted by molar-refractivity contribution is 14.1. The summed E-state index contributed by atoms with van der Waals surface area (Å²) in [5.74, 6) is 0. The number of aromatic nitrogens is 1.